The summed E-state index contributed by atoms with van der Waals surface area (Å²) in [7, 11) is 0. The van der Waals surface area contributed by atoms with E-state index in [9.17, 15) is 0 Å². The van der Waals surface area contributed by atoms with Crippen LogP contribution in [0.4, 0.5) is 11.4 Å². The summed E-state index contributed by atoms with van der Waals surface area (Å²) in [6.07, 6.45) is 3.82. The maximum atomic E-state index is 4.94. The van der Waals surface area contributed by atoms with E-state index < -0.39 is 0 Å². The Morgan fingerprint density at radius 1 is 0.395 bits per heavy atom. The van der Waals surface area contributed by atoms with Gasteiger partial charge in [0.15, 0.2) is 0 Å². The molecule has 0 saturated heterocycles. The molecule has 0 aliphatic carbocycles. The third-order valence-electron chi connectivity index (χ3n) is 6.85. The number of aliphatic imine (C=N–C) groups is 2. The van der Waals surface area contributed by atoms with Crippen molar-refractivity contribution < 1.29 is 0 Å². The summed E-state index contributed by atoms with van der Waals surface area (Å²) in [5.41, 5.74) is 5.74. The first-order valence-electron chi connectivity index (χ1n) is 12.7. The Bertz CT molecular complexity index is 1890. The molecule has 0 radical (unpaired) electrons. The van der Waals surface area contributed by atoms with Gasteiger partial charge in [-0.15, -0.1) is 0 Å². The lowest BCUT2D eigenvalue weighted by Crippen LogP contribution is -1.84. The predicted molar refractivity (Wildman–Crippen MR) is 162 cm³/mol. The van der Waals surface area contributed by atoms with Gasteiger partial charge in [0.1, 0.15) is 0 Å². The molecular formula is C35H23N3. The fourth-order valence-electron chi connectivity index (χ4n) is 4.83. The highest BCUT2D eigenvalue weighted by molar-refractivity contribution is 5.97. The minimum atomic E-state index is 0.878. The second kappa shape index (κ2) is 9.38. The maximum Gasteiger partial charge on any atom is 0.0731 e. The summed E-state index contributed by atoms with van der Waals surface area (Å²) < 4.78 is 0. The van der Waals surface area contributed by atoms with E-state index in [4.69, 9.17) is 15.0 Å². The third-order valence-corrected chi connectivity index (χ3v) is 6.85. The van der Waals surface area contributed by atoms with Crippen LogP contribution in [-0.4, -0.2) is 17.4 Å². The summed E-state index contributed by atoms with van der Waals surface area (Å²) in [4.78, 5) is 14.4. The molecule has 6 aromatic carbocycles. The fourth-order valence-corrected chi connectivity index (χ4v) is 4.83. The van der Waals surface area contributed by atoms with Crippen LogP contribution in [0, 0.1) is 0 Å². The largest absolute Gasteiger partial charge is 0.256 e. The SMILES string of the molecule is C(=Nc1ccc2cc3ccc(N=Cc4ccc5ccccc5c4)cc3nc2c1)c1ccc2ccccc2c1. The fraction of sp³-hybridized carbons (Fsp3) is 0. The normalized spacial score (nSPS) is 12.0. The van der Waals surface area contributed by atoms with Gasteiger partial charge in [-0.25, -0.2) is 4.98 Å². The molecule has 0 saturated carbocycles. The Morgan fingerprint density at radius 2 is 0.842 bits per heavy atom. The van der Waals surface area contributed by atoms with E-state index in [1.165, 1.54) is 21.5 Å². The van der Waals surface area contributed by atoms with Gasteiger partial charge >= 0.3 is 0 Å². The van der Waals surface area contributed by atoms with Gasteiger partial charge in [0.25, 0.3) is 0 Å². The molecule has 7 aromatic rings. The summed E-state index contributed by atoms with van der Waals surface area (Å²) >= 11 is 0. The molecule has 7 rings (SSSR count). The third kappa shape index (κ3) is 4.42. The monoisotopic (exact) mass is 485 g/mol. The van der Waals surface area contributed by atoms with Gasteiger partial charge < -0.3 is 0 Å². The second-order valence-corrected chi connectivity index (χ2v) is 9.47. The van der Waals surface area contributed by atoms with Crippen molar-refractivity contribution in [3.05, 3.63) is 139 Å². The molecule has 0 aliphatic heterocycles. The first-order chi connectivity index (χ1) is 18.8. The molecule has 1 heterocycles. The van der Waals surface area contributed by atoms with Gasteiger partial charge in [-0.1, -0.05) is 84.9 Å². The van der Waals surface area contributed by atoms with Crippen LogP contribution in [0.5, 0.6) is 0 Å². The summed E-state index contributed by atoms with van der Waals surface area (Å²) in [5.74, 6) is 0. The molecule has 1 aromatic heterocycles. The Balaban J connectivity index is 1.18. The van der Waals surface area contributed by atoms with Crippen LogP contribution >= 0.6 is 0 Å². The van der Waals surface area contributed by atoms with Gasteiger partial charge in [-0.3, -0.25) is 9.98 Å². The average molecular weight is 486 g/mol. The zero-order valence-electron chi connectivity index (χ0n) is 20.6. The first kappa shape index (κ1) is 22.1. The van der Waals surface area contributed by atoms with E-state index in [0.29, 0.717) is 0 Å². The van der Waals surface area contributed by atoms with E-state index in [1.54, 1.807) is 0 Å². The van der Waals surface area contributed by atoms with Crippen molar-refractivity contribution in [3.63, 3.8) is 0 Å². The molecule has 38 heavy (non-hydrogen) atoms. The molecule has 0 bridgehead atoms. The molecule has 3 nitrogen and oxygen atoms in total. The zero-order valence-corrected chi connectivity index (χ0v) is 20.6. The van der Waals surface area contributed by atoms with Crippen LogP contribution in [0.2, 0.25) is 0 Å². The summed E-state index contributed by atoms with van der Waals surface area (Å²) in [6.45, 7) is 0. The lowest BCUT2D eigenvalue weighted by Gasteiger charge is -2.04. The van der Waals surface area contributed by atoms with Crippen molar-refractivity contribution >= 4 is 67.2 Å². The van der Waals surface area contributed by atoms with Crippen molar-refractivity contribution in [2.45, 2.75) is 0 Å². The lowest BCUT2D eigenvalue weighted by atomic mass is 10.1. The lowest BCUT2D eigenvalue weighted by molar-refractivity contribution is 1.46. The van der Waals surface area contributed by atoms with Crippen LogP contribution in [0.15, 0.2) is 137 Å². The van der Waals surface area contributed by atoms with Crippen molar-refractivity contribution in [2.24, 2.45) is 9.98 Å². The second-order valence-electron chi connectivity index (χ2n) is 9.47. The van der Waals surface area contributed by atoms with Gasteiger partial charge in [0, 0.05) is 23.2 Å². The standard InChI is InChI=1S/C35H23N3/c1-3-7-28-17-24(9-11-26(28)5-1)22-36-32-15-13-30-19-31-14-16-33(21-35(31)38-34(30)20-32)37-23-25-10-12-27-6-2-4-8-29(27)18-25/h1-23H. The van der Waals surface area contributed by atoms with Crippen LogP contribution in [0.3, 0.4) is 0 Å². The summed E-state index contributed by atoms with van der Waals surface area (Å²) in [6, 6.07) is 44.0. The number of benzene rings is 6. The van der Waals surface area contributed by atoms with Crippen LogP contribution in [0.25, 0.3) is 43.4 Å². The number of hydrogen-bond donors (Lipinski definition) is 0. The quantitative estimate of drug-likeness (QED) is 0.181. The summed E-state index contributed by atoms with van der Waals surface area (Å²) in [5, 5.41) is 7.06. The Hall–Kier alpha value is -5.15. The molecule has 178 valence electrons. The number of pyridine rings is 1. The highest BCUT2D eigenvalue weighted by atomic mass is 14.7. The van der Waals surface area contributed by atoms with E-state index >= 15 is 0 Å². The van der Waals surface area contributed by atoms with E-state index in [2.05, 4.69) is 103 Å². The number of nitrogens with zero attached hydrogens (tertiary/aromatic N) is 3. The van der Waals surface area contributed by atoms with Gasteiger partial charge in [0.2, 0.25) is 0 Å². The number of rotatable bonds is 4. The Kier molecular flexibility index (Phi) is 5.45. The highest BCUT2D eigenvalue weighted by Crippen LogP contribution is 2.27. The topological polar surface area (TPSA) is 37.6 Å². The molecule has 0 aliphatic rings. The molecule has 0 fully saturated rings. The minimum absolute atomic E-state index is 0.878. The molecule has 0 unspecified atom stereocenters. The van der Waals surface area contributed by atoms with Crippen molar-refractivity contribution in [1.29, 1.82) is 0 Å². The van der Waals surface area contributed by atoms with Gasteiger partial charge in [-0.05, 0) is 75.1 Å². The molecule has 0 N–H and O–H groups in total. The molecule has 3 heteroatoms. The van der Waals surface area contributed by atoms with Crippen LogP contribution in [-0.2, 0) is 0 Å². The number of aromatic nitrogens is 1. The Labute approximate surface area is 220 Å². The van der Waals surface area contributed by atoms with Gasteiger partial charge in [0.05, 0.1) is 22.4 Å². The van der Waals surface area contributed by atoms with Crippen molar-refractivity contribution in [1.82, 2.24) is 4.98 Å². The zero-order chi connectivity index (χ0) is 25.3. The van der Waals surface area contributed by atoms with E-state index in [-0.39, 0.29) is 0 Å². The van der Waals surface area contributed by atoms with Crippen LogP contribution < -0.4 is 0 Å². The molecular weight excluding hydrogens is 462 g/mol. The van der Waals surface area contributed by atoms with Crippen molar-refractivity contribution in [3.8, 4) is 0 Å². The van der Waals surface area contributed by atoms with E-state index in [0.717, 1.165) is 44.3 Å². The smallest absolute Gasteiger partial charge is 0.0731 e. The van der Waals surface area contributed by atoms with Crippen LogP contribution in [0.1, 0.15) is 11.1 Å². The molecule has 0 amide bonds. The molecule has 0 spiro atoms. The van der Waals surface area contributed by atoms with E-state index in [1.807, 2.05) is 36.7 Å². The predicted octanol–water partition coefficient (Wildman–Crippen LogP) is 9.20. The average Bonchev–Trinajstić information content (AvgIpc) is 2.97. The van der Waals surface area contributed by atoms with Gasteiger partial charge in [-0.2, -0.15) is 0 Å². The molecule has 0 atom stereocenters. The minimum Gasteiger partial charge on any atom is -0.256 e. The highest BCUT2D eigenvalue weighted by Gasteiger charge is 2.03. The first-order valence-corrected chi connectivity index (χ1v) is 12.7. The maximum absolute atomic E-state index is 4.94. The van der Waals surface area contributed by atoms with Crippen molar-refractivity contribution in [2.75, 3.05) is 0 Å². The Morgan fingerprint density at radius 3 is 1.34 bits per heavy atom. The number of fused-ring (bicyclic) bond motifs is 4. The number of hydrogen-bond acceptors (Lipinski definition) is 3.